The van der Waals surface area contributed by atoms with Crippen molar-refractivity contribution < 1.29 is 29.7 Å². The lowest BCUT2D eigenvalue weighted by Crippen LogP contribution is -2.41. The third kappa shape index (κ3) is 4.43. The van der Waals surface area contributed by atoms with E-state index < -0.39 is 30.3 Å². The van der Waals surface area contributed by atoms with Crippen molar-refractivity contribution in [3.8, 4) is 5.75 Å². The van der Waals surface area contributed by atoms with Gasteiger partial charge in [0.2, 0.25) is 0 Å². The minimum Gasteiger partial charge on any atom is -0.507 e. The molecule has 0 spiro atoms. The van der Waals surface area contributed by atoms with Gasteiger partial charge in [0.25, 0.3) is 5.91 Å². The van der Waals surface area contributed by atoms with Gasteiger partial charge in [-0.05, 0) is 24.6 Å². The van der Waals surface area contributed by atoms with Crippen molar-refractivity contribution in [3.05, 3.63) is 28.8 Å². The highest BCUT2D eigenvalue weighted by molar-refractivity contribution is 6.31. The molecule has 0 saturated carbocycles. The number of aliphatic carboxylic acids is 2. The number of nitrogens with one attached hydrogen (secondary N) is 1. The second-order valence-corrected chi connectivity index (χ2v) is 4.39. The summed E-state index contributed by atoms with van der Waals surface area (Å²) in [6.45, 7) is 0. The van der Waals surface area contributed by atoms with Gasteiger partial charge in [-0.1, -0.05) is 11.6 Å². The van der Waals surface area contributed by atoms with Crippen LogP contribution < -0.4 is 5.32 Å². The average molecular weight is 302 g/mol. The molecule has 1 aromatic rings. The molecule has 0 saturated heterocycles. The number of carbonyl (C=O) groups excluding carboxylic acids is 1. The highest BCUT2D eigenvalue weighted by atomic mass is 35.5. The van der Waals surface area contributed by atoms with Crippen LogP contribution in [0.5, 0.6) is 5.75 Å². The lowest BCUT2D eigenvalue weighted by atomic mass is 10.1. The highest BCUT2D eigenvalue weighted by Crippen LogP contribution is 2.21. The second kappa shape index (κ2) is 6.76. The fraction of sp³-hybridized carbons (Fsp3) is 0.250. The van der Waals surface area contributed by atoms with Crippen LogP contribution in [0.25, 0.3) is 0 Å². The maximum absolute atomic E-state index is 11.8. The standard InChI is InChI=1S/C12H12ClNO6/c13-6-1-3-9(15)7(5-6)11(18)14-8(12(19)20)2-4-10(16)17/h1,3,5,8,15H,2,4H2,(H,14,18)(H,16,17)(H,19,20)/t8-/m0/s1. The fourth-order valence-electron chi connectivity index (χ4n) is 1.45. The first-order valence-electron chi connectivity index (χ1n) is 5.55. The normalized spacial score (nSPS) is 11.7. The summed E-state index contributed by atoms with van der Waals surface area (Å²) < 4.78 is 0. The predicted octanol–water partition coefficient (Wildman–Crippen LogP) is 1.09. The maximum atomic E-state index is 11.8. The van der Waals surface area contributed by atoms with Crippen molar-refractivity contribution in [3.63, 3.8) is 0 Å². The average Bonchev–Trinajstić information content (AvgIpc) is 2.36. The third-order valence-corrected chi connectivity index (χ3v) is 2.69. The van der Waals surface area contributed by atoms with Crippen molar-refractivity contribution in [2.75, 3.05) is 0 Å². The van der Waals surface area contributed by atoms with Crippen LogP contribution in [-0.2, 0) is 9.59 Å². The molecular formula is C12H12ClNO6. The van der Waals surface area contributed by atoms with E-state index in [-0.39, 0.29) is 22.8 Å². The van der Waals surface area contributed by atoms with Crippen LogP contribution in [0.15, 0.2) is 18.2 Å². The summed E-state index contributed by atoms with van der Waals surface area (Å²) in [4.78, 5) is 33.2. The van der Waals surface area contributed by atoms with E-state index >= 15 is 0 Å². The first-order chi connectivity index (χ1) is 9.31. The van der Waals surface area contributed by atoms with E-state index in [1.807, 2.05) is 0 Å². The van der Waals surface area contributed by atoms with Gasteiger partial charge in [0.15, 0.2) is 0 Å². The number of carboxylic acids is 2. The summed E-state index contributed by atoms with van der Waals surface area (Å²) in [5, 5.41) is 29.3. The van der Waals surface area contributed by atoms with E-state index in [9.17, 15) is 19.5 Å². The van der Waals surface area contributed by atoms with Crippen molar-refractivity contribution in [2.24, 2.45) is 0 Å². The van der Waals surface area contributed by atoms with Gasteiger partial charge in [-0.2, -0.15) is 0 Å². The molecule has 0 unspecified atom stereocenters. The number of benzene rings is 1. The molecule has 1 amide bonds. The van der Waals surface area contributed by atoms with Crippen LogP contribution in [0.4, 0.5) is 0 Å². The Kier molecular flexibility index (Phi) is 5.33. The molecule has 7 nitrogen and oxygen atoms in total. The number of halogens is 1. The first kappa shape index (κ1) is 15.8. The Balaban J connectivity index is 2.82. The van der Waals surface area contributed by atoms with E-state index in [2.05, 4.69) is 5.32 Å². The van der Waals surface area contributed by atoms with Crippen LogP contribution in [-0.4, -0.2) is 39.2 Å². The van der Waals surface area contributed by atoms with Crippen molar-refractivity contribution in [2.45, 2.75) is 18.9 Å². The molecule has 0 bridgehead atoms. The molecule has 0 aliphatic carbocycles. The van der Waals surface area contributed by atoms with Crippen molar-refractivity contribution >= 4 is 29.4 Å². The Morgan fingerprint density at radius 1 is 1.25 bits per heavy atom. The van der Waals surface area contributed by atoms with Gasteiger partial charge >= 0.3 is 11.9 Å². The zero-order valence-electron chi connectivity index (χ0n) is 10.2. The van der Waals surface area contributed by atoms with Gasteiger partial charge in [-0.25, -0.2) is 4.79 Å². The smallest absolute Gasteiger partial charge is 0.326 e. The molecule has 0 aromatic heterocycles. The van der Waals surface area contributed by atoms with E-state index in [0.717, 1.165) is 0 Å². The van der Waals surface area contributed by atoms with Crippen LogP contribution in [0.1, 0.15) is 23.2 Å². The van der Waals surface area contributed by atoms with Crippen LogP contribution in [0.2, 0.25) is 5.02 Å². The molecule has 0 radical (unpaired) electrons. The molecule has 1 atom stereocenters. The summed E-state index contributed by atoms with van der Waals surface area (Å²) in [6.07, 6.45) is -0.670. The summed E-state index contributed by atoms with van der Waals surface area (Å²) >= 11 is 5.68. The number of hydrogen-bond donors (Lipinski definition) is 4. The Labute approximate surface area is 118 Å². The van der Waals surface area contributed by atoms with Crippen LogP contribution in [0.3, 0.4) is 0 Å². The number of carbonyl (C=O) groups is 3. The summed E-state index contributed by atoms with van der Waals surface area (Å²) in [7, 11) is 0. The first-order valence-corrected chi connectivity index (χ1v) is 5.93. The minimum absolute atomic E-state index is 0.181. The van der Waals surface area contributed by atoms with Crippen LogP contribution >= 0.6 is 11.6 Å². The summed E-state index contributed by atoms with van der Waals surface area (Å²) in [5.41, 5.74) is -0.181. The van der Waals surface area contributed by atoms with Crippen molar-refractivity contribution in [1.82, 2.24) is 5.32 Å². The molecule has 0 aliphatic heterocycles. The monoisotopic (exact) mass is 301 g/mol. The van der Waals surface area contributed by atoms with E-state index in [1.54, 1.807) is 0 Å². The van der Waals surface area contributed by atoms with Gasteiger partial charge in [0.1, 0.15) is 11.8 Å². The van der Waals surface area contributed by atoms with E-state index in [1.165, 1.54) is 18.2 Å². The van der Waals surface area contributed by atoms with Gasteiger partial charge in [-0.15, -0.1) is 0 Å². The molecule has 1 rings (SSSR count). The lowest BCUT2D eigenvalue weighted by Gasteiger charge is -2.14. The van der Waals surface area contributed by atoms with Gasteiger partial charge in [0.05, 0.1) is 5.56 Å². The van der Waals surface area contributed by atoms with E-state index in [0.29, 0.717) is 0 Å². The largest absolute Gasteiger partial charge is 0.507 e. The SMILES string of the molecule is O=C(O)CC[C@H](NC(=O)c1cc(Cl)ccc1O)C(=O)O. The number of carboxylic acid groups (broad SMARTS) is 2. The predicted molar refractivity (Wildman–Crippen MR) is 68.9 cm³/mol. The molecule has 0 aliphatic rings. The van der Waals surface area contributed by atoms with Crippen LogP contribution in [0, 0.1) is 0 Å². The van der Waals surface area contributed by atoms with E-state index in [4.69, 9.17) is 21.8 Å². The molecule has 8 heteroatoms. The Morgan fingerprint density at radius 2 is 1.90 bits per heavy atom. The van der Waals surface area contributed by atoms with Gasteiger partial charge in [-0.3, -0.25) is 9.59 Å². The third-order valence-electron chi connectivity index (χ3n) is 2.45. The molecule has 4 N–H and O–H groups in total. The maximum Gasteiger partial charge on any atom is 0.326 e. The molecular weight excluding hydrogens is 290 g/mol. The van der Waals surface area contributed by atoms with Gasteiger partial charge in [0, 0.05) is 11.4 Å². The number of aromatic hydroxyl groups is 1. The van der Waals surface area contributed by atoms with Crippen molar-refractivity contribution in [1.29, 1.82) is 0 Å². The number of phenols is 1. The minimum atomic E-state index is -1.36. The topological polar surface area (TPSA) is 124 Å². The second-order valence-electron chi connectivity index (χ2n) is 3.96. The number of hydrogen-bond acceptors (Lipinski definition) is 4. The summed E-state index contributed by atoms with van der Waals surface area (Å²) in [5.74, 6) is -3.73. The molecule has 0 fully saturated rings. The number of amides is 1. The lowest BCUT2D eigenvalue weighted by molar-refractivity contribution is -0.140. The summed E-state index contributed by atoms with van der Waals surface area (Å²) in [6, 6.07) is 2.39. The molecule has 0 heterocycles. The molecule has 108 valence electrons. The number of rotatable bonds is 6. The molecule has 1 aromatic carbocycles. The zero-order valence-corrected chi connectivity index (χ0v) is 10.9. The Bertz CT molecular complexity index is 545. The Hall–Kier alpha value is -2.28. The van der Waals surface area contributed by atoms with Gasteiger partial charge < -0.3 is 20.6 Å². The number of phenolic OH excluding ortho intramolecular Hbond substituents is 1. The quantitative estimate of drug-likeness (QED) is 0.623. The fourth-order valence-corrected chi connectivity index (χ4v) is 1.62. The zero-order chi connectivity index (χ0) is 15.3. The Morgan fingerprint density at radius 3 is 2.45 bits per heavy atom. The highest BCUT2D eigenvalue weighted by Gasteiger charge is 2.23. The molecule has 20 heavy (non-hydrogen) atoms.